The van der Waals surface area contributed by atoms with Gasteiger partial charge in [0.2, 0.25) is 53.2 Å². The van der Waals surface area contributed by atoms with Crippen molar-refractivity contribution < 1.29 is 77.4 Å². The number of benzene rings is 2. The first-order valence-corrected chi connectivity index (χ1v) is 47.8. The van der Waals surface area contributed by atoms with Gasteiger partial charge >= 0.3 is 6.09 Å². The molecule has 5 aliphatic carbocycles. The van der Waals surface area contributed by atoms with Crippen molar-refractivity contribution in [2.24, 2.45) is 70.2 Å². The molecule has 3 saturated carbocycles. The van der Waals surface area contributed by atoms with Gasteiger partial charge in [-0.25, -0.2) is 9.36 Å². The number of allylic oxidation sites excluding steroid dienone is 3. The fraction of sp³-hybridized carbons (Fsp3) is 0.628. The van der Waals surface area contributed by atoms with Crippen molar-refractivity contribution in [1.82, 2.24) is 57.7 Å². The number of hydrogen-bond acceptors (Lipinski definition) is 18. The number of nitrogens with zero attached hydrogens (tertiary/aromatic N) is 4. The second-order valence-corrected chi connectivity index (χ2v) is 39.8. The number of amides is 11. The van der Waals surface area contributed by atoms with Crippen molar-refractivity contribution in [3.63, 3.8) is 0 Å². The van der Waals surface area contributed by atoms with Crippen molar-refractivity contribution in [3.05, 3.63) is 138 Å². The van der Waals surface area contributed by atoms with Crippen LogP contribution in [0.1, 0.15) is 192 Å². The molecule has 22 unspecified atom stereocenters. The zero-order chi connectivity index (χ0) is 88.5. The monoisotopic (exact) mass is 1750 g/mol. The molecule has 3 aromatic rings. The van der Waals surface area contributed by atoms with Crippen LogP contribution in [-0.2, 0) is 67.8 Å². The van der Waals surface area contributed by atoms with Crippen molar-refractivity contribution in [2.75, 3.05) is 37.7 Å². The van der Waals surface area contributed by atoms with E-state index in [4.69, 9.17) is 9.73 Å². The Hall–Kier alpha value is -8.97. The number of aliphatic hydroxyl groups is 3. The van der Waals surface area contributed by atoms with Gasteiger partial charge in [-0.2, -0.15) is 0 Å². The van der Waals surface area contributed by atoms with Crippen LogP contribution in [0.15, 0.2) is 126 Å². The molecule has 12 rings (SSSR count). The first-order chi connectivity index (χ1) is 59.5. The number of likely N-dealkylation sites (tertiary alicyclic amines) is 2. The van der Waals surface area contributed by atoms with E-state index in [0.717, 1.165) is 58.6 Å². The van der Waals surface area contributed by atoms with Crippen LogP contribution < -0.4 is 52.4 Å². The first kappa shape index (κ1) is 94.2. The Morgan fingerprint density at radius 2 is 1.39 bits per heavy atom. The molecule has 674 valence electrons. The summed E-state index contributed by atoms with van der Waals surface area (Å²) in [4.78, 5) is 172. The van der Waals surface area contributed by atoms with E-state index in [1.807, 2.05) is 24.3 Å². The number of pyridine rings is 1. The SMILES string of the molecule is CC(C)CCCC(C)C1CCC2C3CC=C4C[C@@H](OC(=O)NCCCCC5NC(=O)C(CC6C=NC7C=CC=CC67)NC(=O)C(Cc6ccccc6)NC(=O)C(NC(=O)C(Cc6ccccc6)NC(=O)C6CCCN6C(=O)C6CCCN6C(=O)c6ccc[n+](C)c6)CSSCC(C(=O)NC(CO)C(C)O)NC(=O)C(C(C)O)NC5=O)CCC4(C)C3CCC12C. The fourth-order valence-electron chi connectivity index (χ4n) is 21.3. The molecule has 2 aromatic carbocycles. The summed E-state index contributed by atoms with van der Waals surface area (Å²) in [5.41, 5.74) is 3.42. The van der Waals surface area contributed by atoms with E-state index in [0.29, 0.717) is 72.1 Å². The number of ether oxygens (including phenoxy) is 1. The molecule has 4 aliphatic heterocycles. The maximum absolute atomic E-state index is 15.6. The number of fused-ring (bicyclic) bond motifs is 6. The molecular weight excluding hydrogens is 1620 g/mol. The van der Waals surface area contributed by atoms with E-state index in [2.05, 4.69) is 88.5 Å². The van der Waals surface area contributed by atoms with E-state index in [1.54, 1.807) is 108 Å². The van der Waals surface area contributed by atoms with E-state index in [9.17, 15) is 44.1 Å². The fourth-order valence-corrected chi connectivity index (χ4v) is 23.6. The number of alkyl carbamates (subject to hydrolysis) is 1. The van der Waals surface area contributed by atoms with Crippen LogP contribution in [0, 0.1) is 58.2 Å². The normalized spacial score (nSPS) is 31.0. The number of nitrogens with one attached hydrogen (secondary N) is 9. The Bertz CT molecular complexity index is 4380. The topological polar surface area (TPSA) is 389 Å². The number of aryl methyl sites for hydroxylation is 1. The Balaban J connectivity index is 0.779. The molecule has 0 bridgehead atoms. The molecule has 5 heterocycles. The van der Waals surface area contributed by atoms with Crippen molar-refractivity contribution in [3.8, 4) is 0 Å². The Morgan fingerprint density at radius 1 is 0.694 bits per heavy atom. The van der Waals surface area contributed by atoms with Crippen LogP contribution in [0.5, 0.6) is 0 Å². The Kier molecular flexibility index (Phi) is 33.0. The number of aliphatic hydroxyl groups excluding tert-OH is 3. The van der Waals surface area contributed by atoms with Gasteiger partial charge in [0.1, 0.15) is 73.1 Å². The maximum Gasteiger partial charge on any atom is 0.407 e. The van der Waals surface area contributed by atoms with Gasteiger partial charge in [-0.15, -0.1) is 0 Å². The minimum atomic E-state index is -1.79. The summed E-state index contributed by atoms with van der Waals surface area (Å²) in [6, 6.07) is 6.92. The predicted octanol–water partition coefficient (Wildman–Crippen LogP) is 7.13. The Morgan fingerprint density at radius 3 is 2.11 bits per heavy atom. The average Bonchev–Trinajstić information content (AvgIpc) is 1.42. The number of hydrogen-bond donors (Lipinski definition) is 12. The number of carbonyl (C=O) groups is 11. The molecule has 30 heteroatoms. The summed E-state index contributed by atoms with van der Waals surface area (Å²) in [5.74, 6) is -4.78. The van der Waals surface area contributed by atoms with E-state index in [1.165, 1.54) is 69.3 Å². The lowest BCUT2D eigenvalue weighted by molar-refractivity contribution is -0.671. The molecule has 0 spiro atoms. The summed E-state index contributed by atoms with van der Waals surface area (Å²) in [6.45, 7) is 14.8. The summed E-state index contributed by atoms with van der Waals surface area (Å²) < 4.78 is 7.93. The highest BCUT2D eigenvalue weighted by atomic mass is 33.1. The van der Waals surface area contributed by atoms with Gasteiger partial charge in [-0.3, -0.25) is 52.9 Å². The van der Waals surface area contributed by atoms with Crippen molar-refractivity contribution in [1.29, 1.82) is 0 Å². The molecule has 6 fully saturated rings. The lowest BCUT2D eigenvalue weighted by atomic mass is 9.47. The van der Waals surface area contributed by atoms with Gasteiger partial charge < -0.3 is 77.7 Å². The lowest BCUT2D eigenvalue weighted by Gasteiger charge is -2.58. The zero-order valence-electron chi connectivity index (χ0n) is 73.2. The third-order valence-electron chi connectivity index (χ3n) is 28.2. The predicted molar refractivity (Wildman–Crippen MR) is 475 cm³/mol. The van der Waals surface area contributed by atoms with Crippen LogP contribution in [0.2, 0.25) is 0 Å². The largest absolute Gasteiger partial charge is 0.446 e. The molecular formula is C94H132N13O15S2+. The lowest BCUT2D eigenvalue weighted by Crippen LogP contribution is -2.62. The smallest absolute Gasteiger partial charge is 0.407 e. The van der Waals surface area contributed by atoms with Gasteiger partial charge in [0.15, 0.2) is 12.4 Å². The molecule has 23 atom stereocenters. The van der Waals surface area contributed by atoms with Gasteiger partial charge in [0.25, 0.3) is 5.91 Å². The molecule has 124 heavy (non-hydrogen) atoms. The summed E-state index contributed by atoms with van der Waals surface area (Å²) >= 11 is 0. The van der Waals surface area contributed by atoms with Gasteiger partial charge in [-0.1, -0.05) is 172 Å². The third kappa shape index (κ3) is 23.4. The summed E-state index contributed by atoms with van der Waals surface area (Å²) in [7, 11) is 3.73. The van der Waals surface area contributed by atoms with E-state index < -0.39 is 144 Å². The standard InChI is InChI=1S/C94H131N13O15S2/c1-56(2)23-19-24-57(3)68-37-38-69-67-36-35-64-50-65(39-41-93(64,6)70(67)40-42-94(68,69)7)122-92(121)95-43-18-17-32-72-82(111)104-81(59(5)110)89(118)103-78(87(116)101-76(53-108)58(4)109)55-124-123-54-77(86(115)98-73(47-60-25-11-9-12-26-60)83(112)99-75(85(114)97-72)49-63-51-96-71-31-16-15-30-66(63)71)102-84(113)74(48-61-27-13-10-14-28-61)100-88(117)79-33-21-45-106(79)91(120)80-34-22-46-107(80)90(119)62-29-20-44-105(8)52-62/h9-16,20,25-31,35,44,51-52,56-59,63,65-81,108-110H,17-19,21-24,32-34,36-43,45-50,53-55H2,1-8H3,(H8-,95,97,98,99,100,101,102,103,104,111,112,113,114,115,116,117,118,121)/p+1/t57?,58?,59?,63?,65-,66?,67?,68?,69?,70?,71?,72?,73?,74?,75?,76?,77?,78?,79?,80?,81?,93?,94?/m0/s1. The van der Waals surface area contributed by atoms with Gasteiger partial charge in [0, 0.05) is 74.5 Å². The highest BCUT2D eigenvalue weighted by molar-refractivity contribution is 8.76. The third-order valence-corrected chi connectivity index (χ3v) is 30.7. The number of aliphatic imine (C=N–C) groups is 1. The molecule has 12 N–H and O–H groups in total. The van der Waals surface area contributed by atoms with Crippen molar-refractivity contribution >= 4 is 93.0 Å². The number of aromatic nitrogens is 1. The highest BCUT2D eigenvalue weighted by Crippen LogP contribution is 2.67. The quantitative estimate of drug-likeness (QED) is 0.0149. The van der Waals surface area contributed by atoms with Crippen LogP contribution in [0.3, 0.4) is 0 Å². The van der Waals surface area contributed by atoms with Gasteiger partial charge in [0.05, 0.1) is 30.9 Å². The van der Waals surface area contributed by atoms with Crippen LogP contribution in [-0.4, -0.2) is 219 Å². The molecule has 3 saturated heterocycles. The maximum atomic E-state index is 15.6. The average molecular weight is 1750 g/mol. The van der Waals surface area contributed by atoms with Crippen LogP contribution in [0.4, 0.5) is 4.79 Å². The molecule has 0 radical (unpaired) electrons. The van der Waals surface area contributed by atoms with Gasteiger partial charge in [-0.05, 0) is 174 Å². The zero-order valence-corrected chi connectivity index (χ0v) is 74.8. The van der Waals surface area contributed by atoms with Crippen LogP contribution >= 0.6 is 21.6 Å². The molecule has 11 amide bonds. The van der Waals surface area contributed by atoms with Crippen molar-refractivity contribution in [2.45, 2.75) is 268 Å². The number of unbranched alkanes of at least 4 members (excludes halogenated alkanes) is 1. The van der Waals surface area contributed by atoms with E-state index in [-0.39, 0.29) is 98.9 Å². The summed E-state index contributed by atoms with van der Waals surface area (Å²) in [5, 5.41) is 57.7. The second kappa shape index (κ2) is 43.5. The van der Waals surface area contributed by atoms with E-state index >= 15 is 24.0 Å². The first-order valence-electron chi connectivity index (χ1n) is 45.3. The summed E-state index contributed by atoms with van der Waals surface area (Å²) in [6.07, 6.45) is 25.6. The molecule has 9 aliphatic rings. The Labute approximate surface area is 737 Å². The highest BCUT2D eigenvalue weighted by Gasteiger charge is 2.60. The second-order valence-electron chi connectivity index (χ2n) is 37.2. The molecule has 28 nitrogen and oxygen atoms in total. The van der Waals surface area contributed by atoms with Crippen LogP contribution in [0.25, 0.3) is 0 Å². The minimum absolute atomic E-state index is 0.0461. The number of carbonyl (C=O) groups excluding carboxylic acids is 11. The minimum Gasteiger partial charge on any atom is -0.446 e. The number of rotatable bonds is 28. The molecule has 1 aromatic heterocycles.